The Morgan fingerprint density at radius 1 is 1.38 bits per heavy atom. The van der Waals surface area contributed by atoms with Crippen molar-refractivity contribution in [1.82, 2.24) is 0 Å². The van der Waals surface area contributed by atoms with E-state index in [1.807, 2.05) is 24.3 Å². The molecule has 72 valence electrons. The lowest BCUT2D eigenvalue weighted by Gasteiger charge is -2.10. The van der Waals surface area contributed by atoms with Gasteiger partial charge in [-0.15, -0.1) is 0 Å². The predicted octanol–water partition coefficient (Wildman–Crippen LogP) is 2.61. The molecule has 13 heavy (non-hydrogen) atoms. The van der Waals surface area contributed by atoms with Crippen molar-refractivity contribution < 1.29 is 4.39 Å². The maximum Gasteiger partial charge on any atom is 0.138 e. The average molecular weight is 181 g/mol. The minimum atomic E-state index is -1.01. The van der Waals surface area contributed by atoms with Crippen molar-refractivity contribution in [1.29, 1.82) is 0 Å². The van der Waals surface area contributed by atoms with Gasteiger partial charge in [-0.3, -0.25) is 0 Å². The second-order valence-electron chi connectivity index (χ2n) is 3.15. The fourth-order valence-corrected chi connectivity index (χ4v) is 1.46. The van der Waals surface area contributed by atoms with Crippen LogP contribution >= 0.6 is 0 Å². The molecule has 0 spiro atoms. The maximum absolute atomic E-state index is 13.3. The highest BCUT2D eigenvalue weighted by atomic mass is 19.1. The topological polar surface area (TPSA) is 26.0 Å². The van der Waals surface area contributed by atoms with Crippen LogP contribution in [0.4, 0.5) is 4.39 Å². The second kappa shape index (κ2) is 4.97. The van der Waals surface area contributed by atoms with Crippen LogP contribution in [0.5, 0.6) is 0 Å². The number of hydrogen-bond acceptors (Lipinski definition) is 1. The molecule has 0 aliphatic rings. The summed E-state index contributed by atoms with van der Waals surface area (Å²) in [5, 5.41) is 0. The van der Waals surface area contributed by atoms with Crippen LogP contribution in [0, 0.1) is 0 Å². The fraction of sp³-hybridized carbons (Fsp3) is 0.455. The first-order valence-electron chi connectivity index (χ1n) is 4.71. The van der Waals surface area contributed by atoms with E-state index in [0.717, 1.165) is 24.0 Å². The Morgan fingerprint density at radius 3 is 2.69 bits per heavy atom. The van der Waals surface area contributed by atoms with Crippen LogP contribution in [0.3, 0.4) is 0 Å². The van der Waals surface area contributed by atoms with Crippen LogP contribution in [0.15, 0.2) is 24.3 Å². The van der Waals surface area contributed by atoms with Gasteiger partial charge < -0.3 is 5.73 Å². The first kappa shape index (κ1) is 10.2. The minimum absolute atomic E-state index is 0.0702. The Balaban J connectivity index is 2.90. The molecule has 1 unspecified atom stereocenters. The Hall–Kier alpha value is -0.890. The molecule has 1 nitrogen and oxygen atoms in total. The summed E-state index contributed by atoms with van der Waals surface area (Å²) in [6.07, 6.45) is 0.952. The lowest BCUT2D eigenvalue weighted by atomic mass is 10.00. The summed E-state index contributed by atoms with van der Waals surface area (Å²) >= 11 is 0. The van der Waals surface area contributed by atoms with Gasteiger partial charge in [0.1, 0.15) is 6.17 Å². The van der Waals surface area contributed by atoms with Gasteiger partial charge in [-0.2, -0.15) is 0 Å². The highest BCUT2D eigenvalue weighted by Gasteiger charge is 2.10. The number of rotatable bonds is 4. The van der Waals surface area contributed by atoms with Gasteiger partial charge in [0, 0.05) is 6.54 Å². The third-order valence-corrected chi connectivity index (χ3v) is 2.12. The normalized spacial score (nSPS) is 12.8. The van der Waals surface area contributed by atoms with Crippen molar-refractivity contribution in [3.8, 4) is 0 Å². The lowest BCUT2D eigenvalue weighted by Crippen LogP contribution is -2.09. The first-order chi connectivity index (χ1) is 6.29. The number of aryl methyl sites for hydroxylation is 1. The molecular weight excluding hydrogens is 165 g/mol. The standard InChI is InChI=1S/C11H16FN/c1-2-5-9-6-3-4-7-10(9)11(12)8-13/h3-4,6-7,11H,2,5,8,13H2,1H3. The smallest absolute Gasteiger partial charge is 0.138 e. The summed E-state index contributed by atoms with van der Waals surface area (Å²) < 4.78 is 13.3. The molecule has 1 rings (SSSR count). The highest BCUT2D eigenvalue weighted by molar-refractivity contribution is 5.29. The molecule has 0 amide bonds. The molecule has 1 aromatic carbocycles. The summed E-state index contributed by atoms with van der Waals surface area (Å²) in [5.74, 6) is 0. The molecule has 2 heteroatoms. The second-order valence-corrected chi connectivity index (χ2v) is 3.15. The van der Waals surface area contributed by atoms with Crippen LogP contribution in [0.1, 0.15) is 30.6 Å². The van der Waals surface area contributed by atoms with Gasteiger partial charge in [0.15, 0.2) is 0 Å². The monoisotopic (exact) mass is 181 g/mol. The average Bonchev–Trinajstić information content (AvgIpc) is 2.18. The van der Waals surface area contributed by atoms with Crippen molar-refractivity contribution in [2.45, 2.75) is 25.9 Å². The van der Waals surface area contributed by atoms with Gasteiger partial charge in [-0.25, -0.2) is 4.39 Å². The van der Waals surface area contributed by atoms with Crippen LogP contribution < -0.4 is 5.73 Å². The number of nitrogens with two attached hydrogens (primary N) is 1. The molecule has 0 saturated heterocycles. The zero-order chi connectivity index (χ0) is 9.68. The molecule has 0 bridgehead atoms. The molecule has 0 aromatic heterocycles. The van der Waals surface area contributed by atoms with E-state index in [4.69, 9.17) is 5.73 Å². The molecule has 2 N–H and O–H groups in total. The molecule has 0 saturated carbocycles. The zero-order valence-corrected chi connectivity index (χ0v) is 7.96. The van der Waals surface area contributed by atoms with Gasteiger partial charge >= 0.3 is 0 Å². The SMILES string of the molecule is CCCc1ccccc1C(F)CN. The van der Waals surface area contributed by atoms with Gasteiger partial charge in [0.2, 0.25) is 0 Å². The number of hydrogen-bond donors (Lipinski definition) is 1. The minimum Gasteiger partial charge on any atom is -0.327 e. The third kappa shape index (κ3) is 2.52. The van der Waals surface area contributed by atoms with Crippen molar-refractivity contribution in [2.75, 3.05) is 6.54 Å². The van der Waals surface area contributed by atoms with E-state index in [9.17, 15) is 4.39 Å². The number of benzene rings is 1. The molecule has 0 fully saturated rings. The van der Waals surface area contributed by atoms with Crippen LogP contribution in [-0.2, 0) is 6.42 Å². The molecular formula is C11H16FN. The van der Waals surface area contributed by atoms with E-state index in [1.165, 1.54) is 0 Å². The summed E-state index contributed by atoms with van der Waals surface area (Å²) in [4.78, 5) is 0. The lowest BCUT2D eigenvalue weighted by molar-refractivity contribution is 0.350. The Labute approximate surface area is 78.8 Å². The molecule has 0 heterocycles. The van der Waals surface area contributed by atoms with Crippen LogP contribution in [-0.4, -0.2) is 6.54 Å². The molecule has 0 aliphatic heterocycles. The summed E-state index contributed by atoms with van der Waals surface area (Å²) in [6.45, 7) is 2.16. The molecule has 1 aromatic rings. The first-order valence-corrected chi connectivity index (χ1v) is 4.71. The van der Waals surface area contributed by atoms with E-state index in [0.29, 0.717) is 0 Å². The van der Waals surface area contributed by atoms with E-state index < -0.39 is 6.17 Å². The Bertz CT molecular complexity index is 260. The number of halogens is 1. The Kier molecular flexibility index (Phi) is 3.90. The summed E-state index contributed by atoms with van der Waals surface area (Å²) in [7, 11) is 0. The molecule has 0 radical (unpaired) electrons. The van der Waals surface area contributed by atoms with Crippen LogP contribution in [0.2, 0.25) is 0 Å². The summed E-state index contributed by atoms with van der Waals surface area (Å²) in [5.41, 5.74) is 7.14. The van der Waals surface area contributed by atoms with E-state index >= 15 is 0 Å². The van der Waals surface area contributed by atoms with Crippen molar-refractivity contribution in [3.63, 3.8) is 0 Å². The maximum atomic E-state index is 13.3. The van der Waals surface area contributed by atoms with Crippen molar-refractivity contribution in [3.05, 3.63) is 35.4 Å². The van der Waals surface area contributed by atoms with Crippen LogP contribution in [0.25, 0.3) is 0 Å². The largest absolute Gasteiger partial charge is 0.327 e. The molecule has 1 atom stereocenters. The van der Waals surface area contributed by atoms with Gasteiger partial charge in [-0.1, -0.05) is 37.6 Å². The third-order valence-electron chi connectivity index (χ3n) is 2.12. The van der Waals surface area contributed by atoms with E-state index in [-0.39, 0.29) is 6.54 Å². The van der Waals surface area contributed by atoms with E-state index in [2.05, 4.69) is 6.92 Å². The van der Waals surface area contributed by atoms with Gasteiger partial charge in [0.25, 0.3) is 0 Å². The summed E-state index contributed by atoms with van der Waals surface area (Å²) in [6, 6.07) is 7.60. The highest BCUT2D eigenvalue weighted by Crippen LogP contribution is 2.21. The van der Waals surface area contributed by atoms with Gasteiger partial charge in [-0.05, 0) is 17.5 Å². The Morgan fingerprint density at radius 2 is 2.08 bits per heavy atom. The zero-order valence-electron chi connectivity index (χ0n) is 7.96. The van der Waals surface area contributed by atoms with Crippen molar-refractivity contribution >= 4 is 0 Å². The quantitative estimate of drug-likeness (QED) is 0.759. The van der Waals surface area contributed by atoms with E-state index in [1.54, 1.807) is 0 Å². The number of alkyl halides is 1. The predicted molar refractivity (Wildman–Crippen MR) is 53.3 cm³/mol. The van der Waals surface area contributed by atoms with Crippen molar-refractivity contribution in [2.24, 2.45) is 5.73 Å². The van der Waals surface area contributed by atoms with Gasteiger partial charge in [0.05, 0.1) is 0 Å². The fourth-order valence-electron chi connectivity index (χ4n) is 1.46. The molecule has 0 aliphatic carbocycles.